The second-order valence-corrected chi connectivity index (χ2v) is 10.7. The molecule has 0 amide bonds. The topological polar surface area (TPSA) is 27.7 Å². The smallest absolute Gasteiger partial charge is 0.130 e. The minimum Gasteiger partial charge on any atom is -0.496 e. The zero-order valence-corrected chi connectivity index (χ0v) is 17.6. The van der Waals surface area contributed by atoms with Crippen molar-refractivity contribution in [2.24, 2.45) is 28.6 Å². The molecule has 1 aromatic rings. The summed E-state index contributed by atoms with van der Waals surface area (Å²) in [7, 11) is 3.47. The molecular formula is C24H34O3. The molecule has 0 unspecified atom stereocenters. The maximum atomic E-state index is 6.96. The van der Waals surface area contributed by atoms with Crippen LogP contribution in [0.5, 0.6) is 17.2 Å². The minimum absolute atomic E-state index is 0.00476. The molecule has 3 nitrogen and oxygen atoms in total. The Bertz CT molecular complexity index is 769. The largest absolute Gasteiger partial charge is 0.496 e. The summed E-state index contributed by atoms with van der Waals surface area (Å²) in [4.78, 5) is 0. The highest BCUT2D eigenvalue weighted by Crippen LogP contribution is 2.68. The molecule has 27 heavy (non-hydrogen) atoms. The summed E-state index contributed by atoms with van der Waals surface area (Å²) in [5, 5.41) is 0. The van der Waals surface area contributed by atoms with Gasteiger partial charge in [-0.15, -0.1) is 0 Å². The standard InChI is InChI=1S/C24H34O3/c1-22(2)13-19-18(22)7-9-24-14-23(19,3)8-6-15(24)10-17-20(26-5)11-16(25-4)12-21(17)27-24/h11-12,15,18-19H,6-10,13-14H2,1-5H3/t15-,18+,19-,23-,24+/m0/s1. The molecule has 3 aliphatic carbocycles. The first-order chi connectivity index (χ1) is 12.8. The number of rotatable bonds is 2. The van der Waals surface area contributed by atoms with E-state index in [0.717, 1.165) is 35.5 Å². The quantitative estimate of drug-likeness (QED) is 0.674. The van der Waals surface area contributed by atoms with Gasteiger partial charge in [0.05, 0.1) is 14.2 Å². The third-order valence-corrected chi connectivity index (χ3v) is 8.88. The molecule has 148 valence electrons. The third kappa shape index (κ3) is 2.39. The Morgan fingerprint density at radius 3 is 2.52 bits per heavy atom. The van der Waals surface area contributed by atoms with E-state index in [0.29, 0.717) is 16.7 Å². The summed E-state index contributed by atoms with van der Waals surface area (Å²) in [6, 6.07) is 4.08. The summed E-state index contributed by atoms with van der Waals surface area (Å²) >= 11 is 0. The van der Waals surface area contributed by atoms with Crippen LogP contribution in [0.25, 0.3) is 0 Å². The molecule has 3 fully saturated rings. The van der Waals surface area contributed by atoms with E-state index in [4.69, 9.17) is 14.2 Å². The fourth-order valence-electron chi connectivity index (χ4n) is 7.37. The van der Waals surface area contributed by atoms with Gasteiger partial charge in [-0.2, -0.15) is 0 Å². The number of hydrogen-bond acceptors (Lipinski definition) is 3. The second kappa shape index (κ2) is 5.58. The van der Waals surface area contributed by atoms with Crippen LogP contribution in [0.3, 0.4) is 0 Å². The van der Waals surface area contributed by atoms with E-state index in [1.54, 1.807) is 14.2 Å². The van der Waals surface area contributed by atoms with Gasteiger partial charge < -0.3 is 14.2 Å². The van der Waals surface area contributed by atoms with Gasteiger partial charge in [0.2, 0.25) is 0 Å². The molecule has 1 aromatic carbocycles. The van der Waals surface area contributed by atoms with Crippen LogP contribution in [0.4, 0.5) is 0 Å². The monoisotopic (exact) mass is 370 g/mol. The van der Waals surface area contributed by atoms with Gasteiger partial charge in [0.15, 0.2) is 0 Å². The summed E-state index contributed by atoms with van der Waals surface area (Å²) in [5.41, 5.74) is 2.19. The molecular weight excluding hydrogens is 336 g/mol. The van der Waals surface area contributed by atoms with Gasteiger partial charge in [-0.3, -0.25) is 0 Å². The molecule has 0 aromatic heterocycles. The Morgan fingerprint density at radius 2 is 1.81 bits per heavy atom. The zero-order chi connectivity index (χ0) is 19.0. The maximum absolute atomic E-state index is 6.96. The van der Waals surface area contributed by atoms with Crippen LogP contribution in [0.2, 0.25) is 0 Å². The highest BCUT2D eigenvalue weighted by Gasteiger charge is 2.63. The molecule has 1 spiro atoms. The number of fused-ring (bicyclic) bond motifs is 4. The Morgan fingerprint density at radius 1 is 1.00 bits per heavy atom. The van der Waals surface area contributed by atoms with Gasteiger partial charge in [-0.25, -0.2) is 0 Å². The first-order valence-electron chi connectivity index (χ1n) is 10.7. The van der Waals surface area contributed by atoms with Gasteiger partial charge in [0.1, 0.15) is 22.8 Å². The molecule has 0 N–H and O–H groups in total. The van der Waals surface area contributed by atoms with E-state index < -0.39 is 0 Å². The van der Waals surface area contributed by atoms with E-state index in [2.05, 4.69) is 26.8 Å². The highest BCUT2D eigenvalue weighted by atomic mass is 16.5. The van der Waals surface area contributed by atoms with Crippen molar-refractivity contribution in [1.82, 2.24) is 0 Å². The molecule has 0 radical (unpaired) electrons. The fourth-order valence-corrected chi connectivity index (χ4v) is 7.37. The van der Waals surface area contributed by atoms with Crippen LogP contribution < -0.4 is 14.2 Å². The van der Waals surface area contributed by atoms with Crippen LogP contribution in [-0.2, 0) is 6.42 Å². The second-order valence-electron chi connectivity index (χ2n) is 10.7. The van der Waals surface area contributed by atoms with E-state index in [9.17, 15) is 0 Å². The summed E-state index contributed by atoms with van der Waals surface area (Å²) in [5.74, 6) is 5.11. The van der Waals surface area contributed by atoms with Crippen molar-refractivity contribution in [3.05, 3.63) is 17.7 Å². The van der Waals surface area contributed by atoms with Crippen LogP contribution in [0, 0.1) is 28.6 Å². The Kier molecular flexibility index (Phi) is 3.66. The average Bonchev–Trinajstić information content (AvgIpc) is 2.70. The molecule has 2 bridgehead atoms. The average molecular weight is 371 g/mol. The molecule has 3 saturated carbocycles. The molecule has 5 rings (SSSR count). The maximum Gasteiger partial charge on any atom is 0.130 e. The number of hydrogen-bond donors (Lipinski definition) is 0. The lowest BCUT2D eigenvalue weighted by Crippen LogP contribution is -2.56. The van der Waals surface area contributed by atoms with Crippen molar-refractivity contribution in [1.29, 1.82) is 0 Å². The minimum atomic E-state index is 0.00476. The van der Waals surface area contributed by atoms with E-state index in [-0.39, 0.29) is 5.60 Å². The van der Waals surface area contributed by atoms with Crippen molar-refractivity contribution in [3.63, 3.8) is 0 Å². The number of ether oxygens (including phenoxy) is 3. The van der Waals surface area contributed by atoms with Crippen LogP contribution in [0.1, 0.15) is 64.9 Å². The third-order valence-electron chi connectivity index (χ3n) is 8.88. The molecule has 4 aliphatic rings. The van der Waals surface area contributed by atoms with Crippen LogP contribution in [-0.4, -0.2) is 19.8 Å². The first-order valence-corrected chi connectivity index (χ1v) is 10.7. The Balaban J connectivity index is 1.55. The Labute approximate surface area is 163 Å². The van der Waals surface area contributed by atoms with Crippen molar-refractivity contribution in [2.45, 2.75) is 71.3 Å². The first kappa shape index (κ1) is 17.7. The predicted octanol–water partition coefficient (Wildman–Crippen LogP) is 5.64. The van der Waals surface area contributed by atoms with Crippen molar-refractivity contribution < 1.29 is 14.2 Å². The van der Waals surface area contributed by atoms with Gasteiger partial charge in [0, 0.05) is 23.6 Å². The summed E-state index contributed by atoms with van der Waals surface area (Å²) < 4.78 is 18.2. The molecule has 0 saturated heterocycles. The van der Waals surface area contributed by atoms with E-state index in [1.165, 1.54) is 44.1 Å². The SMILES string of the molecule is COc1cc(OC)c2c(c1)O[C@@]13CC[C@@H]4[C@H](CC4(C)C)[C@@](C)(CC[C@H]1C2)C3. The van der Waals surface area contributed by atoms with Gasteiger partial charge in [-0.1, -0.05) is 20.8 Å². The number of methoxy groups -OCH3 is 2. The van der Waals surface area contributed by atoms with Gasteiger partial charge in [0.25, 0.3) is 0 Å². The fraction of sp³-hybridized carbons (Fsp3) is 0.750. The van der Waals surface area contributed by atoms with Crippen molar-refractivity contribution >= 4 is 0 Å². The molecule has 5 atom stereocenters. The van der Waals surface area contributed by atoms with Crippen molar-refractivity contribution in [3.8, 4) is 17.2 Å². The van der Waals surface area contributed by atoms with E-state index >= 15 is 0 Å². The lowest BCUT2D eigenvalue weighted by Gasteiger charge is -2.60. The predicted molar refractivity (Wildman–Crippen MR) is 107 cm³/mol. The van der Waals surface area contributed by atoms with Gasteiger partial charge in [-0.05, 0) is 67.6 Å². The lowest BCUT2D eigenvalue weighted by molar-refractivity contribution is -0.125. The highest BCUT2D eigenvalue weighted by molar-refractivity contribution is 5.52. The van der Waals surface area contributed by atoms with Crippen LogP contribution in [0.15, 0.2) is 12.1 Å². The van der Waals surface area contributed by atoms with Crippen LogP contribution >= 0.6 is 0 Å². The Hall–Kier alpha value is -1.38. The van der Waals surface area contributed by atoms with Gasteiger partial charge >= 0.3 is 0 Å². The molecule has 1 aliphatic heterocycles. The summed E-state index contributed by atoms with van der Waals surface area (Å²) in [6.07, 6.45) is 8.87. The van der Waals surface area contributed by atoms with Crippen molar-refractivity contribution in [2.75, 3.05) is 14.2 Å². The molecule has 3 heteroatoms. The van der Waals surface area contributed by atoms with E-state index in [1.807, 2.05) is 6.07 Å². The zero-order valence-electron chi connectivity index (χ0n) is 17.6. The normalized spacial score (nSPS) is 41.0. The summed E-state index contributed by atoms with van der Waals surface area (Å²) in [6.45, 7) is 7.53. The molecule has 1 heterocycles. The number of benzene rings is 1. The lowest BCUT2D eigenvalue weighted by atomic mass is 9.46.